The van der Waals surface area contributed by atoms with E-state index in [4.69, 9.17) is 9.84 Å². The largest absolute Gasteiger partial charge is 0.478 e. The van der Waals surface area contributed by atoms with Crippen LogP contribution in [0.1, 0.15) is 34.6 Å². The van der Waals surface area contributed by atoms with Gasteiger partial charge in [-0.3, -0.25) is 0 Å². The molecule has 2 N–H and O–H groups in total. The fraction of sp³-hybridized carbons (Fsp3) is 0.222. The van der Waals surface area contributed by atoms with Gasteiger partial charge in [-0.05, 0) is 50.2 Å². The van der Waals surface area contributed by atoms with Crippen molar-refractivity contribution in [3.8, 4) is 0 Å². The van der Waals surface area contributed by atoms with Crippen molar-refractivity contribution in [3.63, 3.8) is 0 Å². The van der Waals surface area contributed by atoms with E-state index in [2.05, 4.69) is 25.6 Å². The third-order valence-corrected chi connectivity index (χ3v) is 3.78. The van der Waals surface area contributed by atoms with Crippen molar-refractivity contribution >= 4 is 34.0 Å². The molecule has 0 radical (unpaired) electrons. The fourth-order valence-corrected chi connectivity index (χ4v) is 2.42. The van der Waals surface area contributed by atoms with Gasteiger partial charge >= 0.3 is 11.9 Å². The van der Waals surface area contributed by atoms with E-state index in [9.17, 15) is 9.59 Å². The summed E-state index contributed by atoms with van der Waals surface area (Å²) in [5, 5.41) is 27.0. The molecule has 4 rings (SSSR count). The molecule has 2 aromatic heterocycles. The lowest BCUT2D eigenvalue weighted by molar-refractivity contribution is 0.0526. The van der Waals surface area contributed by atoms with Gasteiger partial charge < -0.3 is 9.84 Å². The lowest BCUT2D eigenvalue weighted by Gasteiger charge is -1.99. The Morgan fingerprint density at radius 2 is 1.61 bits per heavy atom. The standard InChI is InChI=1S/C11H13N3O2.C7H5N3O2/c1-3-14-12-9-6-5-8(7-10(9)13-14)11(15)16-4-2;11-7(12)4-1-2-5-6(3-4)9-10-8-5/h5-7H,3-4H2,1-2H3;1-3H,(H,11,12)(H,8,9,10). The Balaban J connectivity index is 0.000000167. The molecule has 0 bridgehead atoms. The lowest BCUT2D eigenvalue weighted by Crippen LogP contribution is -2.04. The number of aromatic carboxylic acids is 1. The van der Waals surface area contributed by atoms with Gasteiger partial charge in [-0.1, -0.05) is 0 Å². The Hall–Kier alpha value is -3.82. The van der Waals surface area contributed by atoms with Gasteiger partial charge in [0.05, 0.1) is 24.3 Å². The second kappa shape index (κ2) is 8.25. The van der Waals surface area contributed by atoms with Gasteiger partial charge in [0, 0.05) is 0 Å². The van der Waals surface area contributed by atoms with E-state index in [0.717, 1.165) is 5.52 Å². The van der Waals surface area contributed by atoms with E-state index in [0.29, 0.717) is 35.3 Å². The van der Waals surface area contributed by atoms with Crippen molar-refractivity contribution in [2.24, 2.45) is 0 Å². The molecule has 0 aliphatic rings. The van der Waals surface area contributed by atoms with E-state index in [1.54, 1.807) is 36.0 Å². The number of carboxylic acids is 1. The molecule has 0 saturated heterocycles. The van der Waals surface area contributed by atoms with Crippen molar-refractivity contribution in [3.05, 3.63) is 47.5 Å². The van der Waals surface area contributed by atoms with Crippen LogP contribution in [-0.4, -0.2) is 54.1 Å². The van der Waals surface area contributed by atoms with Gasteiger partial charge in [-0.2, -0.15) is 30.4 Å². The van der Waals surface area contributed by atoms with Gasteiger partial charge in [0.2, 0.25) is 0 Å². The first-order valence-corrected chi connectivity index (χ1v) is 8.57. The summed E-state index contributed by atoms with van der Waals surface area (Å²) in [7, 11) is 0. The van der Waals surface area contributed by atoms with E-state index < -0.39 is 5.97 Å². The maximum Gasteiger partial charge on any atom is 0.338 e. The zero-order chi connectivity index (χ0) is 20.1. The molecule has 144 valence electrons. The molecule has 2 aromatic carbocycles. The predicted molar refractivity (Wildman–Crippen MR) is 100 cm³/mol. The molecule has 10 nitrogen and oxygen atoms in total. The first-order valence-electron chi connectivity index (χ1n) is 8.57. The minimum Gasteiger partial charge on any atom is -0.478 e. The van der Waals surface area contributed by atoms with E-state index in [1.807, 2.05) is 6.92 Å². The smallest absolute Gasteiger partial charge is 0.338 e. The van der Waals surface area contributed by atoms with Crippen molar-refractivity contribution in [2.45, 2.75) is 20.4 Å². The summed E-state index contributed by atoms with van der Waals surface area (Å²) in [5.41, 5.74) is 3.46. The number of aromatic amines is 1. The maximum absolute atomic E-state index is 11.5. The number of esters is 1. The zero-order valence-electron chi connectivity index (χ0n) is 15.3. The van der Waals surface area contributed by atoms with Crippen LogP contribution >= 0.6 is 0 Å². The molecule has 2 heterocycles. The van der Waals surface area contributed by atoms with Crippen molar-refractivity contribution < 1.29 is 19.4 Å². The average Bonchev–Trinajstić information content (AvgIpc) is 3.33. The number of fused-ring (bicyclic) bond motifs is 2. The minimum atomic E-state index is -0.958. The number of nitrogens with one attached hydrogen (secondary N) is 1. The summed E-state index contributed by atoms with van der Waals surface area (Å²) in [5.74, 6) is -1.28. The van der Waals surface area contributed by atoms with Crippen LogP contribution in [0.2, 0.25) is 0 Å². The quantitative estimate of drug-likeness (QED) is 0.513. The number of aromatic nitrogens is 6. The number of benzene rings is 2. The summed E-state index contributed by atoms with van der Waals surface area (Å²) in [6, 6.07) is 9.76. The minimum absolute atomic E-state index is 0.219. The second-order valence-corrected chi connectivity index (χ2v) is 5.64. The van der Waals surface area contributed by atoms with Crippen LogP contribution in [0, 0.1) is 0 Å². The van der Waals surface area contributed by atoms with E-state index in [1.165, 1.54) is 12.1 Å². The normalized spacial score (nSPS) is 10.5. The zero-order valence-corrected chi connectivity index (χ0v) is 15.3. The first kappa shape index (κ1) is 19.0. The molecule has 0 atom stereocenters. The highest BCUT2D eigenvalue weighted by molar-refractivity contribution is 5.93. The third kappa shape index (κ3) is 4.11. The topological polar surface area (TPSA) is 136 Å². The molecule has 0 aliphatic carbocycles. The number of hydrogen-bond donors (Lipinski definition) is 2. The summed E-state index contributed by atoms with van der Waals surface area (Å²) in [6.45, 7) is 4.83. The Labute approximate surface area is 159 Å². The molecule has 0 amide bonds. The number of nitrogens with zero attached hydrogens (tertiary/aromatic N) is 5. The van der Waals surface area contributed by atoms with Gasteiger partial charge in [0.15, 0.2) is 0 Å². The monoisotopic (exact) mass is 382 g/mol. The summed E-state index contributed by atoms with van der Waals surface area (Å²) < 4.78 is 4.92. The van der Waals surface area contributed by atoms with Crippen LogP contribution in [0.3, 0.4) is 0 Å². The number of hydrogen-bond acceptors (Lipinski definition) is 7. The predicted octanol–water partition coefficient (Wildman–Crippen LogP) is 2.28. The highest BCUT2D eigenvalue weighted by Crippen LogP contribution is 2.13. The van der Waals surface area contributed by atoms with E-state index >= 15 is 0 Å². The number of aryl methyl sites for hydroxylation is 1. The number of carbonyl (C=O) groups excluding carboxylic acids is 1. The maximum atomic E-state index is 11.5. The number of carbonyl (C=O) groups is 2. The Bertz CT molecular complexity index is 1130. The lowest BCUT2D eigenvalue weighted by atomic mass is 10.2. The van der Waals surface area contributed by atoms with Crippen LogP contribution in [0.15, 0.2) is 36.4 Å². The molecule has 28 heavy (non-hydrogen) atoms. The summed E-state index contributed by atoms with van der Waals surface area (Å²) >= 11 is 0. The van der Waals surface area contributed by atoms with Crippen molar-refractivity contribution in [1.82, 2.24) is 30.4 Å². The summed E-state index contributed by atoms with van der Waals surface area (Å²) in [6.07, 6.45) is 0. The van der Waals surface area contributed by atoms with Gasteiger partial charge in [-0.25, -0.2) is 9.59 Å². The SMILES string of the molecule is CCOC(=O)c1ccc2nn(CC)nc2c1.O=C(O)c1ccc2n[nH]nc2c1. The number of ether oxygens (including phenoxy) is 1. The van der Waals surface area contributed by atoms with Crippen molar-refractivity contribution in [2.75, 3.05) is 6.61 Å². The first-order chi connectivity index (χ1) is 13.5. The molecule has 0 spiro atoms. The van der Waals surface area contributed by atoms with Crippen LogP contribution < -0.4 is 0 Å². The number of H-pyrrole nitrogens is 1. The molecule has 10 heteroatoms. The van der Waals surface area contributed by atoms with Crippen molar-refractivity contribution in [1.29, 1.82) is 0 Å². The average molecular weight is 382 g/mol. The Kier molecular flexibility index (Phi) is 5.58. The molecule has 4 aromatic rings. The number of rotatable bonds is 4. The highest BCUT2D eigenvalue weighted by Gasteiger charge is 2.09. The summed E-state index contributed by atoms with van der Waals surface area (Å²) in [4.78, 5) is 23.6. The fourth-order valence-electron chi connectivity index (χ4n) is 2.42. The third-order valence-electron chi connectivity index (χ3n) is 3.78. The molecule has 0 aliphatic heterocycles. The molecular weight excluding hydrogens is 364 g/mol. The number of carboxylic acid groups (broad SMARTS) is 1. The van der Waals surface area contributed by atoms with Gasteiger partial charge in [-0.15, -0.1) is 0 Å². The van der Waals surface area contributed by atoms with Gasteiger partial charge in [0.25, 0.3) is 0 Å². The van der Waals surface area contributed by atoms with E-state index in [-0.39, 0.29) is 11.5 Å². The van der Waals surface area contributed by atoms with Crippen LogP contribution in [0.25, 0.3) is 22.1 Å². The molecule has 0 saturated carbocycles. The second-order valence-electron chi connectivity index (χ2n) is 5.64. The molecule has 0 unspecified atom stereocenters. The van der Waals surface area contributed by atoms with Crippen LogP contribution in [-0.2, 0) is 11.3 Å². The highest BCUT2D eigenvalue weighted by atomic mass is 16.5. The molecular formula is C18H18N6O4. The molecule has 0 fully saturated rings. The Morgan fingerprint density at radius 1 is 0.964 bits per heavy atom. The Morgan fingerprint density at radius 3 is 2.32 bits per heavy atom. The van der Waals surface area contributed by atoms with Gasteiger partial charge in [0.1, 0.15) is 22.1 Å². The van der Waals surface area contributed by atoms with Crippen LogP contribution in [0.5, 0.6) is 0 Å². The van der Waals surface area contributed by atoms with Crippen LogP contribution in [0.4, 0.5) is 0 Å².